The Kier molecular flexibility index (Phi) is 9.18. The van der Waals surface area contributed by atoms with Crippen LogP contribution in [0.5, 0.6) is 0 Å². The number of rotatable bonds is 7. The third-order valence-electron chi connectivity index (χ3n) is 2.24. The standard InChI is InChI=1S/C13H23/c1-4-6-7-8-9-10-11-12-13(3)5-2/h11-12H,4,6-10H2,1-3H3/b12-11+,13-5?. The van der Waals surface area contributed by atoms with E-state index >= 15 is 0 Å². The fourth-order valence-corrected chi connectivity index (χ4v) is 1.21. The molecule has 0 heterocycles. The van der Waals surface area contributed by atoms with E-state index in [-0.39, 0.29) is 0 Å². The first-order chi connectivity index (χ1) is 6.31. The van der Waals surface area contributed by atoms with E-state index in [1.807, 2.05) is 6.92 Å². The largest absolute Gasteiger partial charge is 0.0843 e. The molecule has 0 aliphatic rings. The topological polar surface area (TPSA) is 0 Å². The predicted octanol–water partition coefficient (Wildman–Crippen LogP) is 4.67. The summed E-state index contributed by atoms with van der Waals surface area (Å²) in [5.41, 5.74) is 1.24. The van der Waals surface area contributed by atoms with Gasteiger partial charge in [-0.05, 0) is 38.3 Å². The monoisotopic (exact) mass is 179 g/mol. The molecule has 0 bridgehead atoms. The Morgan fingerprint density at radius 2 is 1.85 bits per heavy atom. The summed E-state index contributed by atoms with van der Waals surface area (Å²) in [4.78, 5) is 0. The molecule has 1 radical (unpaired) electrons. The van der Waals surface area contributed by atoms with E-state index in [0.29, 0.717) is 0 Å². The fraction of sp³-hybridized carbons (Fsp3) is 0.692. The Bertz CT molecular complexity index is 151. The van der Waals surface area contributed by atoms with Crippen molar-refractivity contribution in [2.75, 3.05) is 0 Å². The molecule has 0 nitrogen and oxygen atoms in total. The van der Waals surface area contributed by atoms with Gasteiger partial charge in [-0.25, -0.2) is 0 Å². The normalized spacial score (nSPS) is 12.7. The van der Waals surface area contributed by atoms with Gasteiger partial charge in [0.25, 0.3) is 0 Å². The molecule has 0 aliphatic carbocycles. The average Bonchev–Trinajstić information content (AvgIpc) is 2.16. The van der Waals surface area contributed by atoms with E-state index in [0.717, 1.165) is 0 Å². The molecule has 0 spiro atoms. The molecule has 0 rings (SSSR count). The first-order valence-corrected chi connectivity index (χ1v) is 5.49. The number of allylic oxidation sites excluding steroid dienone is 4. The lowest BCUT2D eigenvalue weighted by molar-refractivity contribution is 0.637. The van der Waals surface area contributed by atoms with Crippen molar-refractivity contribution in [1.82, 2.24) is 0 Å². The number of hydrogen-bond acceptors (Lipinski definition) is 0. The third-order valence-corrected chi connectivity index (χ3v) is 2.24. The summed E-state index contributed by atoms with van der Waals surface area (Å²) in [6.45, 7) is 6.31. The van der Waals surface area contributed by atoms with Crippen molar-refractivity contribution in [2.24, 2.45) is 0 Å². The quantitative estimate of drug-likeness (QED) is 0.393. The molecule has 0 aliphatic heterocycles. The smallest absolute Gasteiger partial charge is 0.0348 e. The van der Waals surface area contributed by atoms with Crippen molar-refractivity contribution in [3.63, 3.8) is 0 Å². The SMILES string of the molecule is C/[C]=C(C)\C=C\CCCCCCC. The Morgan fingerprint density at radius 3 is 2.46 bits per heavy atom. The minimum Gasteiger partial charge on any atom is -0.0843 e. The molecule has 0 atom stereocenters. The van der Waals surface area contributed by atoms with E-state index in [2.05, 4.69) is 32.1 Å². The van der Waals surface area contributed by atoms with E-state index in [1.165, 1.54) is 44.1 Å². The van der Waals surface area contributed by atoms with Gasteiger partial charge in [-0.2, -0.15) is 0 Å². The predicted molar refractivity (Wildman–Crippen MR) is 60.6 cm³/mol. The van der Waals surface area contributed by atoms with Crippen LogP contribution in [-0.2, 0) is 0 Å². The van der Waals surface area contributed by atoms with Gasteiger partial charge in [-0.15, -0.1) is 0 Å². The molecule has 0 N–H and O–H groups in total. The van der Waals surface area contributed by atoms with Crippen LogP contribution < -0.4 is 0 Å². The van der Waals surface area contributed by atoms with Crippen LogP contribution in [-0.4, -0.2) is 0 Å². The Labute approximate surface area is 83.7 Å². The van der Waals surface area contributed by atoms with Gasteiger partial charge in [0.1, 0.15) is 0 Å². The van der Waals surface area contributed by atoms with Crippen molar-refractivity contribution in [2.45, 2.75) is 59.3 Å². The van der Waals surface area contributed by atoms with Crippen molar-refractivity contribution < 1.29 is 0 Å². The first kappa shape index (κ1) is 12.5. The van der Waals surface area contributed by atoms with Gasteiger partial charge < -0.3 is 0 Å². The van der Waals surface area contributed by atoms with Gasteiger partial charge in [0.15, 0.2) is 0 Å². The van der Waals surface area contributed by atoms with Crippen molar-refractivity contribution >= 4 is 0 Å². The average molecular weight is 179 g/mol. The van der Waals surface area contributed by atoms with Crippen LogP contribution in [0.1, 0.15) is 59.3 Å². The lowest BCUT2D eigenvalue weighted by atomic mass is 10.1. The van der Waals surface area contributed by atoms with E-state index < -0.39 is 0 Å². The highest BCUT2D eigenvalue weighted by Crippen LogP contribution is 2.06. The molecule has 0 saturated heterocycles. The zero-order valence-electron chi connectivity index (χ0n) is 9.40. The van der Waals surface area contributed by atoms with Gasteiger partial charge in [-0.1, -0.05) is 44.8 Å². The zero-order chi connectivity index (χ0) is 9.94. The molecule has 0 aromatic heterocycles. The number of hydrogen-bond donors (Lipinski definition) is 0. The van der Waals surface area contributed by atoms with Crippen LogP contribution in [0, 0.1) is 6.08 Å². The molecular weight excluding hydrogens is 156 g/mol. The Balaban J connectivity index is 3.20. The summed E-state index contributed by atoms with van der Waals surface area (Å²) in [6, 6.07) is 0. The van der Waals surface area contributed by atoms with Crippen LogP contribution >= 0.6 is 0 Å². The molecule has 0 heteroatoms. The summed E-state index contributed by atoms with van der Waals surface area (Å²) >= 11 is 0. The maximum Gasteiger partial charge on any atom is -0.0348 e. The second-order valence-electron chi connectivity index (χ2n) is 3.54. The highest BCUT2D eigenvalue weighted by Gasteiger charge is 1.86. The van der Waals surface area contributed by atoms with Crippen LogP contribution in [0.15, 0.2) is 17.7 Å². The zero-order valence-corrected chi connectivity index (χ0v) is 9.40. The maximum atomic E-state index is 3.11. The van der Waals surface area contributed by atoms with Crippen molar-refractivity contribution in [3.8, 4) is 0 Å². The van der Waals surface area contributed by atoms with Crippen molar-refractivity contribution in [3.05, 3.63) is 23.8 Å². The minimum atomic E-state index is 1.22. The number of unbranched alkanes of at least 4 members (excludes halogenated alkanes) is 5. The van der Waals surface area contributed by atoms with Gasteiger partial charge in [0, 0.05) is 0 Å². The summed E-state index contributed by atoms with van der Waals surface area (Å²) in [7, 11) is 0. The summed E-state index contributed by atoms with van der Waals surface area (Å²) < 4.78 is 0. The van der Waals surface area contributed by atoms with E-state index in [4.69, 9.17) is 0 Å². The van der Waals surface area contributed by atoms with E-state index in [1.54, 1.807) is 0 Å². The molecule has 0 saturated carbocycles. The van der Waals surface area contributed by atoms with Crippen LogP contribution in [0.4, 0.5) is 0 Å². The van der Waals surface area contributed by atoms with Gasteiger partial charge in [0.2, 0.25) is 0 Å². The molecule has 0 unspecified atom stereocenters. The molecule has 0 aromatic rings. The van der Waals surface area contributed by atoms with Gasteiger partial charge >= 0.3 is 0 Å². The molecular formula is C13H23. The van der Waals surface area contributed by atoms with Crippen LogP contribution in [0.2, 0.25) is 0 Å². The molecule has 13 heavy (non-hydrogen) atoms. The highest BCUT2D eigenvalue weighted by molar-refractivity contribution is 5.11. The summed E-state index contributed by atoms with van der Waals surface area (Å²) in [5, 5.41) is 0. The third kappa shape index (κ3) is 9.39. The van der Waals surface area contributed by atoms with E-state index in [9.17, 15) is 0 Å². The van der Waals surface area contributed by atoms with Crippen LogP contribution in [0.3, 0.4) is 0 Å². The molecule has 0 aromatic carbocycles. The molecule has 0 amide bonds. The Hall–Kier alpha value is -0.520. The minimum absolute atomic E-state index is 1.22. The second-order valence-corrected chi connectivity index (χ2v) is 3.54. The second kappa shape index (κ2) is 9.57. The summed E-state index contributed by atoms with van der Waals surface area (Å²) in [5.74, 6) is 0. The Morgan fingerprint density at radius 1 is 1.15 bits per heavy atom. The molecule has 0 fully saturated rings. The van der Waals surface area contributed by atoms with Gasteiger partial charge in [0.05, 0.1) is 0 Å². The van der Waals surface area contributed by atoms with Crippen LogP contribution in [0.25, 0.3) is 0 Å². The fourth-order valence-electron chi connectivity index (χ4n) is 1.21. The lowest BCUT2D eigenvalue weighted by Gasteiger charge is -1.96. The first-order valence-electron chi connectivity index (χ1n) is 5.49. The van der Waals surface area contributed by atoms with Crippen molar-refractivity contribution in [1.29, 1.82) is 0 Å². The highest BCUT2D eigenvalue weighted by atomic mass is 13.9. The maximum absolute atomic E-state index is 3.11. The summed E-state index contributed by atoms with van der Waals surface area (Å²) in [6.07, 6.45) is 15.6. The molecule has 75 valence electrons. The lowest BCUT2D eigenvalue weighted by Crippen LogP contribution is -1.76. The van der Waals surface area contributed by atoms with Gasteiger partial charge in [-0.3, -0.25) is 0 Å².